The lowest BCUT2D eigenvalue weighted by molar-refractivity contribution is 0.177. The first-order valence-corrected chi connectivity index (χ1v) is 9.17. The molecule has 6 heteroatoms. The van der Waals surface area contributed by atoms with Gasteiger partial charge in [-0.2, -0.15) is 0 Å². The van der Waals surface area contributed by atoms with Crippen LogP contribution in [0.15, 0.2) is 42.6 Å². The minimum absolute atomic E-state index is 0. The lowest BCUT2D eigenvalue weighted by Gasteiger charge is -2.34. The van der Waals surface area contributed by atoms with Crippen LogP contribution in [0.5, 0.6) is 0 Å². The quantitative estimate of drug-likeness (QED) is 0.716. The Labute approximate surface area is 177 Å². The molecule has 0 fully saturated rings. The number of pyridine rings is 1. The van der Waals surface area contributed by atoms with Crippen molar-refractivity contribution in [1.82, 2.24) is 4.98 Å². The number of anilines is 2. The second-order valence-electron chi connectivity index (χ2n) is 7.56. The number of aliphatic hydroxyl groups is 1. The smallest absolute Gasteiger partial charge is 0.124 e. The normalized spacial score (nSPS) is 18.9. The molecule has 0 saturated carbocycles. The van der Waals surface area contributed by atoms with Gasteiger partial charge in [-0.3, -0.25) is 4.98 Å². The van der Waals surface area contributed by atoms with Crippen LogP contribution in [0, 0.1) is 0 Å². The molecular weight excluding hydrogens is 426 g/mol. The molecule has 27 heavy (non-hydrogen) atoms. The Morgan fingerprint density at radius 3 is 2.52 bits per heavy atom. The molecule has 146 valence electrons. The number of aliphatic hydroxyl groups excluding tert-OH is 1. The Balaban J connectivity index is 0.00000261. The molecule has 1 aliphatic rings. The zero-order valence-electron chi connectivity index (χ0n) is 16.3. The van der Waals surface area contributed by atoms with Gasteiger partial charge < -0.3 is 14.9 Å². The van der Waals surface area contributed by atoms with Crippen molar-refractivity contribution in [1.29, 1.82) is 0 Å². The maximum atomic E-state index is 10.4. The van der Waals surface area contributed by atoms with E-state index in [0.717, 1.165) is 22.6 Å². The van der Waals surface area contributed by atoms with Crippen LogP contribution in [0.2, 0.25) is 5.02 Å². The van der Waals surface area contributed by atoms with Crippen LogP contribution >= 0.6 is 28.6 Å². The molecular formula is C21H27BrClN3O. The predicted octanol–water partition coefficient (Wildman–Crippen LogP) is 4.90. The van der Waals surface area contributed by atoms with E-state index >= 15 is 0 Å². The van der Waals surface area contributed by atoms with E-state index in [4.69, 9.17) is 11.6 Å². The summed E-state index contributed by atoms with van der Waals surface area (Å²) >= 11 is 6.23. The van der Waals surface area contributed by atoms with E-state index in [9.17, 15) is 5.11 Å². The predicted molar refractivity (Wildman–Crippen MR) is 120 cm³/mol. The molecule has 0 bridgehead atoms. The summed E-state index contributed by atoms with van der Waals surface area (Å²) in [6.45, 7) is 6.16. The molecule has 2 unspecified atom stereocenters. The summed E-state index contributed by atoms with van der Waals surface area (Å²) in [5.74, 6) is 0. The third-order valence-corrected chi connectivity index (χ3v) is 5.34. The van der Waals surface area contributed by atoms with Crippen LogP contribution in [0.4, 0.5) is 11.4 Å². The van der Waals surface area contributed by atoms with E-state index in [2.05, 4.69) is 24.9 Å². The lowest BCUT2D eigenvalue weighted by Crippen LogP contribution is -2.44. The van der Waals surface area contributed by atoms with Gasteiger partial charge in [0.1, 0.15) is 6.23 Å². The van der Waals surface area contributed by atoms with Crippen molar-refractivity contribution in [2.24, 2.45) is 0 Å². The topological polar surface area (TPSA) is 39.6 Å². The Morgan fingerprint density at radius 2 is 1.96 bits per heavy atom. The molecule has 2 atom stereocenters. The molecule has 1 aliphatic heterocycles. The van der Waals surface area contributed by atoms with Gasteiger partial charge in [-0.05, 0) is 48.9 Å². The van der Waals surface area contributed by atoms with Crippen LogP contribution < -0.4 is 9.80 Å². The molecule has 0 spiro atoms. The highest BCUT2D eigenvalue weighted by atomic mass is 79.9. The molecule has 1 aromatic heterocycles. The molecule has 1 N–H and O–H groups in total. The highest BCUT2D eigenvalue weighted by Gasteiger charge is 2.44. The lowest BCUT2D eigenvalue weighted by atomic mass is 9.80. The van der Waals surface area contributed by atoms with Gasteiger partial charge in [0.15, 0.2) is 0 Å². The highest BCUT2D eigenvalue weighted by molar-refractivity contribution is 8.93. The number of nitrogens with zero attached hydrogens (tertiary/aromatic N) is 3. The minimum Gasteiger partial charge on any atom is -0.376 e. The number of rotatable bonds is 4. The number of benzene rings is 1. The van der Waals surface area contributed by atoms with E-state index < -0.39 is 6.23 Å². The Kier molecular flexibility index (Phi) is 6.61. The van der Waals surface area contributed by atoms with Gasteiger partial charge in [0.25, 0.3) is 0 Å². The van der Waals surface area contributed by atoms with Crippen molar-refractivity contribution in [3.63, 3.8) is 0 Å². The molecule has 0 amide bonds. The average molecular weight is 453 g/mol. The summed E-state index contributed by atoms with van der Waals surface area (Å²) in [5, 5.41) is 11.1. The standard InChI is InChI=1S/C21H26ClN3O.BrH/c1-14(26)25-19-10-6-15(22)12-18(19)21(2,3)20(25)11-8-16-7-9-17(13-23-16)24(4)5;/h6-14,20,26H,1-5H3;1H. The molecule has 1 aromatic carbocycles. The summed E-state index contributed by atoms with van der Waals surface area (Å²) in [6.07, 6.45) is 5.41. The van der Waals surface area contributed by atoms with Gasteiger partial charge in [0.2, 0.25) is 0 Å². The van der Waals surface area contributed by atoms with Gasteiger partial charge in [-0.25, -0.2) is 0 Å². The van der Waals surface area contributed by atoms with E-state index in [1.807, 2.05) is 66.5 Å². The number of hydrogen-bond acceptors (Lipinski definition) is 4. The summed E-state index contributed by atoms with van der Waals surface area (Å²) in [6, 6.07) is 9.93. The van der Waals surface area contributed by atoms with E-state index in [1.54, 1.807) is 6.92 Å². The number of aromatic nitrogens is 1. The fourth-order valence-electron chi connectivity index (χ4n) is 3.62. The number of fused-ring (bicyclic) bond motifs is 1. The van der Waals surface area contributed by atoms with E-state index in [1.165, 1.54) is 0 Å². The molecule has 0 radical (unpaired) electrons. The zero-order chi connectivity index (χ0) is 19.1. The Morgan fingerprint density at radius 1 is 1.26 bits per heavy atom. The van der Waals surface area contributed by atoms with Crippen LogP contribution in [0.3, 0.4) is 0 Å². The van der Waals surface area contributed by atoms with Gasteiger partial charge >= 0.3 is 0 Å². The fourth-order valence-corrected chi connectivity index (χ4v) is 3.80. The Hall–Kier alpha value is -1.56. The van der Waals surface area contributed by atoms with Crippen LogP contribution in [-0.2, 0) is 5.41 Å². The zero-order valence-corrected chi connectivity index (χ0v) is 18.8. The van der Waals surface area contributed by atoms with Gasteiger partial charge in [0, 0.05) is 30.2 Å². The second kappa shape index (κ2) is 8.21. The molecule has 3 rings (SSSR count). The summed E-state index contributed by atoms with van der Waals surface area (Å²) in [5.41, 5.74) is 3.95. The first kappa shape index (κ1) is 21.7. The fraction of sp³-hybridized carbons (Fsp3) is 0.381. The van der Waals surface area contributed by atoms with Gasteiger partial charge in [0.05, 0.1) is 23.6 Å². The van der Waals surface area contributed by atoms with Crippen molar-refractivity contribution < 1.29 is 5.11 Å². The van der Waals surface area contributed by atoms with Crippen LogP contribution in [-0.4, -0.2) is 36.5 Å². The van der Waals surface area contributed by atoms with Crippen LogP contribution in [0.25, 0.3) is 6.08 Å². The van der Waals surface area contributed by atoms with Gasteiger partial charge in [-0.15, -0.1) is 17.0 Å². The SMILES string of the molecule is Br.CC(O)N1c2ccc(Cl)cc2C(C)(C)C1C=Cc1ccc(N(C)C)cn1. The first-order chi connectivity index (χ1) is 12.2. The maximum Gasteiger partial charge on any atom is 0.124 e. The third-order valence-electron chi connectivity index (χ3n) is 5.11. The highest BCUT2D eigenvalue weighted by Crippen LogP contribution is 2.47. The van der Waals surface area contributed by atoms with Crippen molar-refractivity contribution in [3.05, 3.63) is 58.9 Å². The van der Waals surface area contributed by atoms with Crippen molar-refractivity contribution in [2.75, 3.05) is 23.9 Å². The minimum atomic E-state index is -0.601. The van der Waals surface area contributed by atoms with Crippen LogP contribution in [0.1, 0.15) is 32.0 Å². The van der Waals surface area contributed by atoms with Gasteiger partial charge in [-0.1, -0.05) is 31.5 Å². The van der Waals surface area contributed by atoms with E-state index in [-0.39, 0.29) is 28.4 Å². The van der Waals surface area contributed by atoms with Crippen molar-refractivity contribution >= 4 is 46.0 Å². The van der Waals surface area contributed by atoms with E-state index in [0.29, 0.717) is 5.02 Å². The average Bonchev–Trinajstić information content (AvgIpc) is 2.80. The first-order valence-electron chi connectivity index (χ1n) is 8.80. The number of hydrogen-bond donors (Lipinski definition) is 1. The molecule has 0 saturated heterocycles. The van der Waals surface area contributed by atoms with Crippen molar-refractivity contribution in [2.45, 2.75) is 38.5 Å². The maximum absolute atomic E-state index is 10.4. The summed E-state index contributed by atoms with van der Waals surface area (Å²) < 4.78 is 0. The molecule has 0 aliphatic carbocycles. The largest absolute Gasteiger partial charge is 0.376 e. The third kappa shape index (κ3) is 4.15. The Bertz CT molecular complexity index is 819. The summed E-state index contributed by atoms with van der Waals surface area (Å²) in [7, 11) is 3.99. The molecule has 2 aromatic rings. The number of halogens is 2. The molecule has 4 nitrogen and oxygen atoms in total. The summed E-state index contributed by atoms with van der Waals surface area (Å²) in [4.78, 5) is 8.57. The second-order valence-corrected chi connectivity index (χ2v) is 8.00. The monoisotopic (exact) mass is 451 g/mol. The molecule has 2 heterocycles. The van der Waals surface area contributed by atoms with Crippen molar-refractivity contribution in [3.8, 4) is 0 Å².